The monoisotopic (exact) mass is 292 g/mol. The second-order valence-electron chi connectivity index (χ2n) is 2.41. The predicted molar refractivity (Wildman–Crippen MR) is 49.7 cm³/mol. The van der Waals surface area contributed by atoms with Crippen LogP contribution in [-0.4, -0.2) is 22.4 Å². The maximum atomic E-state index is 12.8. The van der Waals surface area contributed by atoms with Gasteiger partial charge in [-0.25, -0.2) is 4.79 Å². The van der Waals surface area contributed by atoms with Crippen LogP contribution in [0.25, 0.3) is 0 Å². The Labute approximate surface area is 83.8 Å². The Morgan fingerprint density at radius 1 is 1.67 bits per heavy atom. The van der Waals surface area contributed by atoms with Crippen LogP contribution in [0.2, 0.25) is 0 Å². The number of ether oxygens (including phenoxy) is 1. The Bertz CT molecular complexity index is 159. The molecule has 0 amide bonds. The van der Waals surface area contributed by atoms with E-state index in [1.165, 1.54) is 6.92 Å². The van der Waals surface area contributed by atoms with Gasteiger partial charge in [-0.2, -0.15) is 8.78 Å². The number of carbonyl (C=O) groups is 1. The summed E-state index contributed by atoms with van der Waals surface area (Å²) in [6.07, 6.45) is -0.466. The van der Waals surface area contributed by atoms with E-state index in [1.807, 2.05) is 22.6 Å². The molecule has 72 valence electrons. The second-order valence-corrected chi connectivity index (χ2v) is 4.54. The van der Waals surface area contributed by atoms with Gasteiger partial charge in [-0.1, -0.05) is 29.5 Å². The first kappa shape index (κ1) is 12.1. The first-order valence-electron chi connectivity index (χ1n) is 3.59. The zero-order valence-corrected chi connectivity index (χ0v) is 9.10. The molecule has 0 aromatic carbocycles. The predicted octanol–water partition coefficient (Wildman–Crippen LogP) is 2.40. The molecule has 0 N–H and O–H groups in total. The van der Waals surface area contributed by atoms with Crippen molar-refractivity contribution >= 4 is 28.6 Å². The second kappa shape index (κ2) is 4.94. The van der Waals surface area contributed by atoms with Crippen LogP contribution < -0.4 is 0 Å². The Morgan fingerprint density at radius 3 is 2.50 bits per heavy atom. The van der Waals surface area contributed by atoms with Crippen LogP contribution in [0.1, 0.15) is 20.3 Å². The summed E-state index contributed by atoms with van der Waals surface area (Å²) in [6, 6.07) is 0. The summed E-state index contributed by atoms with van der Waals surface area (Å²) in [5.41, 5.74) is 0. The molecule has 0 aromatic rings. The third-order valence-corrected chi connectivity index (χ3v) is 1.55. The Hall–Kier alpha value is 0.0600. The van der Waals surface area contributed by atoms with Crippen molar-refractivity contribution in [1.29, 1.82) is 0 Å². The van der Waals surface area contributed by atoms with Crippen molar-refractivity contribution in [3.63, 3.8) is 0 Å². The minimum absolute atomic E-state index is 0.00987. The van der Waals surface area contributed by atoms with Crippen molar-refractivity contribution in [2.75, 3.05) is 6.61 Å². The number of alkyl halides is 3. The highest BCUT2D eigenvalue weighted by Crippen LogP contribution is 2.25. The van der Waals surface area contributed by atoms with Crippen LogP contribution >= 0.6 is 22.6 Å². The number of hydrogen-bond acceptors (Lipinski definition) is 2. The molecule has 0 bridgehead atoms. The highest BCUT2D eigenvalue weighted by molar-refractivity contribution is 14.1. The zero-order valence-electron chi connectivity index (χ0n) is 6.94. The summed E-state index contributed by atoms with van der Waals surface area (Å²) >= 11 is 1.84. The van der Waals surface area contributed by atoms with Gasteiger partial charge in [0.25, 0.3) is 0 Å². The summed E-state index contributed by atoms with van der Waals surface area (Å²) < 4.78 is 29.5. The lowest BCUT2D eigenvalue weighted by Gasteiger charge is -2.15. The van der Waals surface area contributed by atoms with Gasteiger partial charge in [0.05, 0.1) is 6.61 Å². The fraction of sp³-hybridized carbons (Fsp3) is 0.857. The van der Waals surface area contributed by atoms with Gasteiger partial charge < -0.3 is 4.74 Å². The summed E-state index contributed by atoms with van der Waals surface area (Å²) in [5.74, 6) is -4.76. The molecular formula is C7H11F2IO2. The van der Waals surface area contributed by atoms with Gasteiger partial charge in [0.1, 0.15) is 0 Å². The number of carbonyl (C=O) groups excluding carboxylic acids is 1. The molecule has 0 rings (SSSR count). The molecule has 0 heterocycles. The molecule has 0 aromatic heterocycles. The fourth-order valence-electron chi connectivity index (χ4n) is 0.673. The Balaban J connectivity index is 4.09. The SMILES string of the molecule is CCOC(=O)C(F)(F)CC(C)I. The highest BCUT2D eigenvalue weighted by atomic mass is 127. The molecule has 0 saturated carbocycles. The minimum Gasteiger partial charge on any atom is -0.462 e. The van der Waals surface area contributed by atoms with E-state index in [1.54, 1.807) is 6.92 Å². The normalized spacial score (nSPS) is 14.1. The average Bonchev–Trinajstić information content (AvgIpc) is 1.85. The molecule has 0 fully saturated rings. The molecule has 2 nitrogen and oxygen atoms in total. The van der Waals surface area contributed by atoms with Gasteiger partial charge >= 0.3 is 11.9 Å². The number of rotatable bonds is 4. The maximum Gasteiger partial charge on any atom is 0.377 e. The average molecular weight is 292 g/mol. The summed E-state index contributed by atoms with van der Waals surface area (Å²) in [4.78, 5) is 10.6. The lowest BCUT2D eigenvalue weighted by atomic mass is 10.2. The summed E-state index contributed by atoms with van der Waals surface area (Å²) in [7, 11) is 0. The van der Waals surface area contributed by atoms with Crippen LogP contribution in [0.15, 0.2) is 0 Å². The lowest BCUT2D eigenvalue weighted by Crippen LogP contribution is -2.32. The van der Waals surface area contributed by atoms with Gasteiger partial charge in [0.2, 0.25) is 0 Å². The molecule has 0 aliphatic carbocycles. The molecule has 1 atom stereocenters. The first-order chi connectivity index (χ1) is 5.40. The lowest BCUT2D eigenvalue weighted by molar-refractivity contribution is -0.172. The highest BCUT2D eigenvalue weighted by Gasteiger charge is 2.41. The zero-order chi connectivity index (χ0) is 9.78. The van der Waals surface area contributed by atoms with Crippen molar-refractivity contribution < 1.29 is 18.3 Å². The molecule has 0 saturated heterocycles. The van der Waals surface area contributed by atoms with Gasteiger partial charge in [0, 0.05) is 10.3 Å². The van der Waals surface area contributed by atoms with E-state index in [0.29, 0.717) is 0 Å². The molecule has 0 radical (unpaired) electrons. The van der Waals surface area contributed by atoms with E-state index in [9.17, 15) is 13.6 Å². The van der Waals surface area contributed by atoms with E-state index < -0.39 is 18.3 Å². The molecule has 12 heavy (non-hydrogen) atoms. The summed E-state index contributed by atoms with van der Waals surface area (Å²) in [6.45, 7) is 3.11. The standard InChI is InChI=1S/C7H11F2IO2/c1-3-12-6(11)7(8,9)4-5(2)10/h5H,3-4H2,1-2H3. The first-order valence-corrected chi connectivity index (χ1v) is 4.83. The molecule has 0 aliphatic heterocycles. The van der Waals surface area contributed by atoms with E-state index in [-0.39, 0.29) is 10.5 Å². The van der Waals surface area contributed by atoms with Crippen LogP contribution in [0.4, 0.5) is 8.78 Å². The van der Waals surface area contributed by atoms with E-state index in [0.717, 1.165) is 0 Å². The molecule has 5 heteroatoms. The third-order valence-electron chi connectivity index (χ3n) is 1.11. The van der Waals surface area contributed by atoms with Gasteiger partial charge in [0.15, 0.2) is 0 Å². The van der Waals surface area contributed by atoms with E-state index >= 15 is 0 Å². The minimum atomic E-state index is -3.34. The van der Waals surface area contributed by atoms with Crippen molar-refractivity contribution in [2.24, 2.45) is 0 Å². The smallest absolute Gasteiger partial charge is 0.377 e. The quantitative estimate of drug-likeness (QED) is 0.452. The van der Waals surface area contributed by atoms with Crippen molar-refractivity contribution in [3.8, 4) is 0 Å². The fourth-order valence-corrected chi connectivity index (χ4v) is 1.23. The van der Waals surface area contributed by atoms with Crippen LogP contribution in [0.3, 0.4) is 0 Å². The molecule has 1 unspecified atom stereocenters. The van der Waals surface area contributed by atoms with Crippen molar-refractivity contribution in [2.45, 2.75) is 30.1 Å². The van der Waals surface area contributed by atoms with Gasteiger partial charge in [-0.05, 0) is 6.92 Å². The maximum absolute atomic E-state index is 12.8. The Kier molecular flexibility index (Phi) is 4.96. The van der Waals surface area contributed by atoms with Gasteiger partial charge in [-0.15, -0.1) is 0 Å². The van der Waals surface area contributed by atoms with Crippen LogP contribution in [-0.2, 0) is 9.53 Å². The van der Waals surface area contributed by atoms with E-state index in [2.05, 4.69) is 4.74 Å². The van der Waals surface area contributed by atoms with Crippen LogP contribution in [0, 0.1) is 0 Å². The summed E-state index contributed by atoms with van der Waals surface area (Å²) in [5, 5.41) is 0. The number of esters is 1. The third kappa shape index (κ3) is 4.18. The number of halogens is 3. The van der Waals surface area contributed by atoms with Crippen molar-refractivity contribution in [1.82, 2.24) is 0 Å². The Morgan fingerprint density at radius 2 is 2.17 bits per heavy atom. The molecule has 0 spiro atoms. The largest absolute Gasteiger partial charge is 0.462 e. The van der Waals surface area contributed by atoms with Crippen LogP contribution in [0.5, 0.6) is 0 Å². The van der Waals surface area contributed by atoms with Gasteiger partial charge in [-0.3, -0.25) is 0 Å². The van der Waals surface area contributed by atoms with Crippen molar-refractivity contribution in [3.05, 3.63) is 0 Å². The topological polar surface area (TPSA) is 26.3 Å². The molecule has 0 aliphatic rings. The van der Waals surface area contributed by atoms with E-state index in [4.69, 9.17) is 0 Å². The number of hydrogen-bond donors (Lipinski definition) is 0. The molecular weight excluding hydrogens is 281 g/mol.